The molecule has 0 aliphatic carbocycles. The summed E-state index contributed by atoms with van der Waals surface area (Å²) in [5.74, 6) is -0.219. The summed E-state index contributed by atoms with van der Waals surface area (Å²) in [7, 11) is 0. The number of ether oxygens (including phenoxy) is 2. The molecule has 0 spiro atoms. The molecule has 1 amide bonds. The fraction of sp³-hybridized carbons (Fsp3) is 0.382. The Balaban J connectivity index is 1.36. The minimum atomic E-state index is -0.724. The highest BCUT2D eigenvalue weighted by Gasteiger charge is 2.26. The molecule has 0 saturated carbocycles. The maximum absolute atomic E-state index is 13.6. The van der Waals surface area contributed by atoms with Gasteiger partial charge in [0.05, 0.1) is 23.6 Å². The Morgan fingerprint density at radius 3 is 2.31 bits per heavy atom. The summed E-state index contributed by atoms with van der Waals surface area (Å²) in [5.41, 5.74) is 2.80. The van der Waals surface area contributed by atoms with Crippen molar-refractivity contribution in [3.63, 3.8) is 0 Å². The van der Waals surface area contributed by atoms with E-state index in [4.69, 9.17) is 14.6 Å². The van der Waals surface area contributed by atoms with Gasteiger partial charge in [0.2, 0.25) is 0 Å². The Kier molecular flexibility index (Phi) is 8.48. The van der Waals surface area contributed by atoms with Crippen molar-refractivity contribution in [3.05, 3.63) is 83.6 Å². The zero-order valence-electron chi connectivity index (χ0n) is 25.3. The molecule has 8 heteroatoms. The summed E-state index contributed by atoms with van der Waals surface area (Å²) >= 11 is 0. The van der Waals surface area contributed by atoms with Crippen molar-refractivity contribution in [3.8, 4) is 11.4 Å². The highest BCUT2D eigenvalue weighted by molar-refractivity contribution is 6.48. The number of benzene rings is 3. The van der Waals surface area contributed by atoms with Gasteiger partial charge in [-0.2, -0.15) is 5.10 Å². The molecule has 1 aliphatic heterocycles. The summed E-state index contributed by atoms with van der Waals surface area (Å²) in [6.07, 6.45) is 0.392. The zero-order chi connectivity index (χ0) is 30.0. The summed E-state index contributed by atoms with van der Waals surface area (Å²) in [5, 5.41) is 9.06. The van der Waals surface area contributed by atoms with Gasteiger partial charge in [-0.1, -0.05) is 62.7 Å². The van der Waals surface area contributed by atoms with Gasteiger partial charge in [0.25, 0.3) is 11.7 Å². The summed E-state index contributed by atoms with van der Waals surface area (Å²) in [6, 6.07) is 20.7. The van der Waals surface area contributed by atoms with Crippen molar-refractivity contribution in [2.75, 3.05) is 31.6 Å². The number of ketones is 1. The number of carbonyl (C=O) groups is 2. The second-order valence-electron chi connectivity index (χ2n) is 12.2. The summed E-state index contributed by atoms with van der Waals surface area (Å²) in [6.45, 7) is 15.4. The lowest BCUT2D eigenvalue weighted by molar-refractivity contribution is -0.112. The smallest absolute Gasteiger partial charge is 0.297 e. The lowest BCUT2D eigenvalue weighted by atomic mass is 9.92. The van der Waals surface area contributed by atoms with Crippen molar-refractivity contribution in [2.24, 2.45) is 0 Å². The van der Waals surface area contributed by atoms with E-state index in [2.05, 4.69) is 44.8 Å². The van der Waals surface area contributed by atoms with E-state index in [1.807, 2.05) is 61.5 Å². The topological polar surface area (TPSA) is 85.7 Å². The molecule has 4 aromatic rings. The van der Waals surface area contributed by atoms with Crippen molar-refractivity contribution in [2.45, 2.75) is 59.2 Å². The number of rotatable bonds is 8. The number of aryl methyl sites for hydroxylation is 1. The SMILES string of the molecule is Cc1ccc(-n2nc(C(C)(C)C)cc2NC(=O)C(=O)c2ccc(OCCN3C[C@@H](C)O[C@H](C)C3)c3ccccc23)cc1. The van der Waals surface area contributed by atoms with Crippen LogP contribution in [0.15, 0.2) is 66.7 Å². The van der Waals surface area contributed by atoms with Gasteiger partial charge in [0, 0.05) is 42.1 Å². The molecule has 8 nitrogen and oxygen atoms in total. The van der Waals surface area contributed by atoms with Gasteiger partial charge < -0.3 is 14.8 Å². The van der Waals surface area contributed by atoms with Gasteiger partial charge in [-0.3, -0.25) is 14.5 Å². The van der Waals surface area contributed by atoms with Gasteiger partial charge in [0.15, 0.2) is 0 Å². The molecule has 0 radical (unpaired) electrons. The Morgan fingerprint density at radius 1 is 0.976 bits per heavy atom. The number of aromatic nitrogens is 2. The maximum Gasteiger partial charge on any atom is 0.297 e. The molecule has 1 aromatic heterocycles. The molecular formula is C34H40N4O4. The average molecular weight is 569 g/mol. The van der Waals surface area contributed by atoms with Crippen LogP contribution in [0.25, 0.3) is 16.5 Å². The summed E-state index contributed by atoms with van der Waals surface area (Å²) < 4.78 is 13.7. The van der Waals surface area contributed by atoms with Gasteiger partial charge in [-0.05, 0) is 50.4 Å². The van der Waals surface area contributed by atoms with Crippen LogP contribution in [0.4, 0.5) is 5.82 Å². The molecular weight excluding hydrogens is 528 g/mol. The van der Waals surface area contributed by atoms with Crippen LogP contribution >= 0.6 is 0 Å². The number of morpholine rings is 1. The lowest BCUT2D eigenvalue weighted by Gasteiger charge is -2.35. The Hall–Kier alpha value is -4.01. The number of amides is 1. The highest BCUT2D eigenvalue weighted by Crippen LogP contribution is 2.30. The molecule has 3 aromatic carbocycles. The third kappa shape index (κ3) is 6.55. The van der Waals surface area contributed by atoms with Crippen molar-refractivity contribution < 1.29 is 19.1 Å². The largest absolute Gasteiger partial charge is 0.492 e. The number of hydrogen-bond donors (Lipinski definition) is 1. The molecule has 0 unspecified atom stereocenters. The quantitative estimate of drug-likeness (QED) is 0.209. The predicted octanol–water partition coefficient (Wildman–Crippen LogP) is 5.94. The maximum atomic E-state index is 13.6. The molecule has 2 atom stereocenters. The lowest BCUT2D eigenvalue weighted by Crippen LogP contribution is -2.46. The predicted molar refractivity (Wildman–Crippen MR) is 166 cm³/mol. The number of hydrogen-bond acceptors (Lipinski definition) is 6. The fourth-order valence-corrected chi connectivity index (χ4v) is 5.36. The van der Waals surface area contributed by atoms with Gasteiger partial charge in [-0.25, -0.2) is 4.68 Å². The fourth-order valence-electron chi connectivity index (χ4n) is 5.36. The minimum Gasteiger partial charge on any atom is -0.492 e. The third-order valence-electron chi connectivity index (χ3n) is 7.49. The number of nitrogens with one attached hydrogen (secondary N) is 1. The van der Waals surface area contributed by atoms with E-state index < -0.39 is 11.7 Å². The Morgan fingerprint density at radius 2 is 1.64 bits per heavy atom. The normalized spacial score (nSPS) is 17.8. The monoisotopic (exact) mass is 568 g/mol. The number of Topliss-reactive ketones (excluding diaryl/α,β-unsaturated/α-hetero) is 1. The van der Waals surface area contributed by atoms with Crippen LogP contribution in [0.5, 0.6) is 5.75 Å². The number of fused-ring (bicyclic) bond motifs is 1. The van der Waals surface area contributed by atoms with E-state index in [-0.39, 0.29) is 17.6 Å². The number of anilines is 1. The molecule has 1 fully saturated rings. The zero-order valence-corrected chi connectivity index (χ0v) is 25.3. The van der Waals surface area contributed by atoms with Crippen LogP contribution in [0.3, 0.4) is 0 Å². The number of nitrogens with zero attached hydrogens (tertiary/aromatic N) is 3. The molecule has 1 aliphatic rings. The van der Waals surface area contributed by atoms with E-state index in [1.165, 1.54) is 0 Å². The first-order valence-electron chi connectivity index (χ1n) is 14.5. The van der Waals surface area contributed by atoms with Crippen LogP contribution in [0, 0.1) is 6.92 Å². The molecule has 1 saturated heterocycles. The van der Waals surface area contributed by atoms with Gasteiger partial charge in [-0.15, -0.1) is 0 Å². The molecule has 2 heterocycles. The van der Waals surface area contributed by atoms with E-state index in [1.54, 1.807) is 16.8 Å². The standard InChI is InChI=1S/C34H40N4O4/c1-22-11-13-25(14-12-22)38-31(19-30(36-38)34(4,5)6)35-33(40)32(39)28-15-16-29(27-10-8-7-9-26(27)28)41-18-17-37-20-23(2)42-24(3)21-37/h7-16,19,23-24H,17-18,20-21H2,1-6H3,(H,35,40)/t23-,24-/m1/s1. The van der Waals surface area contributed by atoms with E-state index >= 15 is 0 Å². The Bertz CT molecular complexity index is 1580. The van der Waals surface area contributed by atoms with Crippen molar-refractivity contribution >= 4 is 28.3 Å². The van der Waals surface area contributed by atoms with E-state index in [0.29, 0.717) is 29.1 Å². The van der Waals surface area contributed by atoms with Crippen LogP contribution in [0.1, 0.15) is 56.2 Å². The third-order valence-corrected chi connectivity index (χ3v) is 7.49. The Labute approximate surface area is 247 Å². The first kappa shape index (κ1) is 29.5. The van der Waals surface area contributed by atoms with E-state index in [9.17, 15) is 9.59 Å². The second kappa shape index (κ2) is 12.1. The highest BCUT2D eigenvalue weighted by atomic mass is 16.5. The summed E-state index contributed by atoms with van der Waals surface area (Å²) in [4.78, 5) is 29.3. The van der Waals surface area contributed by atoms with Crippen LogP contribution in [-0.2, 0) is 14.9 Å². The molecule has 220 valence electrons. The first-order chi connectivity index (χ1) is 20.0. The van der Waals surface area contributed by atoms with Crippen LogP contribution in [0.2, 0.25) is 0 Å². The average Bonchev–Trinajstić information content (AvgIpc) is 3.37. The van der Waals surface area contributed by atoms with Crippen molar-refractivity contribution in [1.82, 2.24) is 14.7 Å². The van der Waals surface area contributed by atoms with Gasteiger partial charge in [0.1, 0.15) is 18.2 Å². The van der Waals surface area contributed by atoms with E-state index in [0.717, 1.165) is 42.0 Å². The first-order valence-corrected chi connectivity index (χ1v) is 14.5. The van der Waals surface area contributed by atoms with Crippen molar-refractivity contribution in [1.29, 1.82) is 0 Å². The second-order valence-corrected chi connectivity index (χ2v) is 12.2. The molecule has 1 N–H and O–H groups in total. The molecule has 0 bridgehead atoms. The van der Waals surface area contributed by atoms with Crippen LogP contribution < -0.4 is 10.1 Å². The minimum absolute atomic E-state index is 0.196. The molecule has 42 heavy (non-hydrogen) atoms. The number of carbonyl (C=O) groups excluding carboxylic acids is 2. The van der Waals surface area contributed by atoms with Crippen LogP contribution in [-0.4, -0.2) is 64.8 Å². The van der Waals surface area contributed by atoms with Gasteiger partial charge >= 0.3 is 0 Å². The molecule has 5 rings (SSSR count).